The van der Waals surface area contributed by atoms with Crippen molar-refractivity contribution in [1.29, 1.82) is 0 Å². The quantitative estimate of drug-likeness (QED) is 0.709. The first-order valence-corrected chi connectivity index (χ1v) is 9.90. The van der Waals surface area contributed by atoms with Gasteiger partial charge in [0.05, 0.1) is 12.7 Å². The van der Waals surface area contributed by atoms with Crippen molar-refractivity contribution in [2.75, 3.05) is 13.1 Å². The molecule has 2 aliphatic carbocycles. The molecule has 2 saturated carbocycles. The molecule has 0 saturated heterocycles. The molecule has 2 aromatic heterocycles. The summed E-state index contributed by atoms with van der Waals surface area (Å²) >= 11 is 1.27. The van der Waals surface area contributed by atoms with Gasteiger partial charge < -0.3 is 10.4 Å². The maximum atomic E-state index is 12.4. The minimum Gasteiger partial charge on any atom is -0.480 e. The molecular weight excluding hydrogens is 366 g/mol. The van der Waals surface area contributed by atoms with E-state index in [0.29, 0.717) is 21.6 Å². The zero-order valence-electron chi connectivity index (χ0n) is 14.7. The molecule has 0 spiro atoms. The van der Waals surface area contributed by atoms with Gasteiger partial charge in [-0.1, -0.05) is 0 Å². The Bertz CT molecular complexity index is 817. The Morgan fingerprint density at radius 1 is 1.22 bits per heavy atom. The Morgan fingerprint density at radius 3 is 2.63 bits per heavy atom. The molecule has 9 heteroatoms. The van der Waals surface area contributed by atoms with Gasteiger partial charge in [0.25, 0.3) is 5.91 Å². The van der Waals surface area contributed by atoms with Crippen LogP contribution in [0.1, 0.15) is 35.4 Å². The summed E-state index contributed by atoms with van der Waals surface area (Å²) in [4.78, 5) is 38.6. The zero-order valence-corrected chi connectivity index (χ0v) is 15.6. The maximum Gasteiger partial charge on any atom is 0.317 e. The molecule has 0 aliphatic heterocycles. The van der Waals surface area contributed by atoms with E-state index in [0.717, 1.165) is 19.4 Å². The van der Waals surface area contributed by atoms with Crippen LogP contribution in [0, 0.1) is 5.92 Å². The summed E-state index contributed by atoms with van der Waals surface area (Å²) < 4.78 is 0. The predicted molar refractivity (Wildman–Crippen MR) is 99.3 cm³/mol. The van der Waals surface area contributed by atoms with Crippen molar-refractivity contribution >= 4 is 23.2 Å². The number of rotatable bonds is 8. The molecule has 0 unspecified atom stereocenters. The van der Waals surface area contributed by atoms with Crippen LogP contribution in [-0.4, -0.2) is 62.0 Å². The Hall–Kier alpha value is -2.39. The highest BCUT2D eigenvalue weighted by molar-refractivity contribution is 7.16. The fourth-order valence-electron chi connectivity index (χ4n) is 3.30. The molecule has 142 valence electrons. The van der Waals surface area contributed by atoms with Crippen LogP contribution < -0.4 is 5.32 Å². The van der Waals surface area contributed by atoms with Crippen molar-refractivity contribution in [1.82, 2.24) is 25.2 Å². The highest BCUT2D eigenvalue weighted by Gasteiger charge is 2.38. The number of thiazole rings is 1. The second-order valence-corrected chi connectivity index (χ2v) is 8.19. The molecule has 0 bridgehead atoms. The number of amides is 1. The molecule has 2 heterocycles. The lowest BCUT2D eigenvalue weighted by atomic mass is 9.85. The van der Waals surface area contributed by atoms with E-state index in [1.165, 1.54) is 24.2 Å². The Kier molecular flexibility index (Phi) is 5.13. The molecule has 0 radical (unpaired) electrons. The number of nitrogens with zero attached hydrogens (tertiary/aromatic N) is 4. The number of carbonyl (C=O) groups excluding carboxylic acids is 1. The molecule has 2 fully saturated rings. The summed E-state index contributed by atoms with van der Waals surface area (Å²) in [5.41, 5.74) is 0. The molecule has 0 atom stereocenters. The third-order valence-electron chi connectivity index (χ3n) is 4.98. The second kappa shape index (κ2) is 7.69. The van der Waals surface area contributed by atoms with Crippen LogP contribution in [0.4, 0.5) is 0 Å². The largest absolute Gasteiger partial charge is 0.480 e. The van der Waals surface area contributed by atoms with Crippen LogP contribution in [-0.2, 0) is 4.79 Å². The summed E-state index contributed by atoms with van der Waals surface area (Å²) in [5, 5.41) is 12.8. The first-order valence-electron chi connectivity index (χ1n) is 9.08. The van der Waals surface area contributed by atoms with Crippen molar-refractivity contribution in [3.8, 4) is 10.8 Å². The van der Waals surface area contributed by atoms with E-state index in [2.05, 4.69) is 25.2 Å². The van der Waals surface area contributed by atoms with Gasteiger partial charge in [-0.25, -0.2) is 15.0 Å². The molecule has 2 N–H and O–H groups in total. The number of aliphatic carboxylic acids is 1. The minimum absolute atomic E-state index is 0.0801. The summed E-state index contributed by atoms with van der Waals surface area (Å²) in [6, 6.07) is 2.05. The lowest BCUT2D eigenvalue weighted by Gasteiger charge is -2.42. The van der Waals surface area contributed by atoms with Crippen LogP contribution in [0.3, 0.4) is 0 Å². The first-order chi connectivity index (χ1) is 13.1. The van der Waals surface area contributed by atoms with Crippen LogP contribution >= 0.6 is 11.3 Å². The monoisotopic (exact) mass is 387 g/mol. The smallest absolute Gasteiger partial charge is 0.317 e. The third-order valence-corrected chi connectivity index (χ3v) is 5.97. The van der Waals surface area contributed by atoms with Crippen molar-refractivity contribution in [2.24, 2.45) is 5.92 Å². The van der Waals surface area contributed by atoms with E-state index in [1.807, 2.05) is 0 Å². The van der Waals surface area contributed by atoms with Crippen molar-refractivity contribution in [2.45, 2.75) is 37.8 Å². The minimum atomic E-state index is -0.788. The van der Waals surface area contributed by atoms with Crippen molar-refractivity contribution < 1.29 is 14.7 Å². The van der Waals surface area contributed by atoms with Gasteiger partial charge in [-0.15, -0.1) is 11.3 Å². The number of carboxylic acids is 1. The summed E-state index contributed by atoms with van der Waals surface area (Å²) in [6.45, 7) is 0.935. The van der Waals surface area contributed by atoms with Gasteiger partial charge in [-0.3, -0.25) is 14.5 Å². The van der Waals surface area contributed by atoms with Crippen LogP contribution in [0.15, 0.2) is 24.7 Å². The fraction of sp³-hybridized carbons (Fsp3) is 0.500. The van der Waals surface area contributed by atoms with Gasteiger partial charge in [0.15, 0.2) is 10.8 Å². The second-order valence-electron chi connectivity index (χ2n) is 7.16. The molecule has 2 aliphatic rings. The van der Waals surface area contributed by atoms with E-state index in [-0.39, 0.29) is 24.5 Å². The van der Waals surface area contributed by atoms with Gasteiger partial charge in [0.1, 0.15) is 4.88 Å². The Balaban J connectivity index is 1.30. The van der Waals surface area contributed by atoms with Crippen LogP contribution in [0.5, 0.6) is 0 Å². The zero-order chi connectivity index (χ0) is 18.8. The van der Waals surface area contributed by atoms with E-state index < -0.39 is 5.97 Å². The predicted octanol–water partition coefficient (Wildman–Crippen LogP) is 1.66. The molecule has 27 heavy (non-hydrogen) atoms. The first kappa shape index (κ1) is 18.0. The number of aromatic nitrogens is 3. The lowest BCUT2D eigenvalue weighted by molar-refractivity contribution is -0.139. The van der Waals surface area contributed by atoms with E-state index in [4.69, 9.17) is 5.11 Å². The SMILES string of the molecule is O=C(O)CN(CC1CC1)C1CC(NC(=O)c2cnc(-c3ncccn3)s2)C1. The highest BCUT2D eigenvalue weighted by atomic mass is 32.1. The van der Waals surface area contributed by atoms with Crippen molar-refractivity contribution in [3.05, 3.63) is 29.5 Å². The molecule has 8 nitrogen and oxygen atoms in total. The number of hydrogen-bond donors (Lipinski definition) is 2. The standard InChI is InChI=1S/C18H21N5O3S/c24-15(25)10-23(9-11-2-3-11)13-6-12(7-13)22-17(26)14-8-21-18(27-14)16-19-4-1-5-20-16/h1,4-5,8,11-13H,2-3,6-7,9-10H2,(H,22,26)(H,24,25). The number of carboxylic acid groups (broad SMARTS) is 1. The molecular formula is C18H21N5O3S. The number of nitrogens with one attached hydrogen (secondary N) is 1. The molecule has 2 aromatic rings. The number of hydrogen-bond acceptors (Lipinski definition) is 7. The lowest BCUT2D eigenvalue weighted by Crippen LogP contribution is -2.55. The Labute approximate surface area is 160 Å². The van der Waals surface area contributed by atoms with E-state index in [9.17, 15) is 9.59 Å². The van der Waals surface area contributed by atoms with Gasteiger partial charge in [-0.05, 0) is 37.7 Å². The fourth-order valence-corrected chi connectivity index (χ4v) is 4.07. The van der Waals surface area contributed by atoms with E-state index >= 15 is 0 Å². The summed E-state index contributed by atoms with van der Waals surface area (Å²) in [5.74, 6) is 0.219. The van der Waals surface area contributed by atoms with Crippen LogP contribution in [0.25, 0.3) is 10.8 Å². The average molecular weight is 387 g/mol. The Morgan fingerprint density at radius 2 is 1.96 bits per heavy atom. The maximum absolute atomic E-state index is 12.4. The normalized spacial score (nSPS) is 21.7. The summed E-state index contributed by atoms with van der Waals surface area (Å²) in [6.07, 6.45) is 8.80. The van der Waals surface area contributed by atoms with Gasteiger partial charge in [0, 0.05) is 31.0 Å². The molecule has 0 aromatic carbocycles. The van der Waals surface area contributed by atoms with Crippen molar-refractivity contribution in [3.63, 3.8) is 0 Å². The van der Waals surface area contributed by atoms with Crippen LogP contribution in [0.2, 0.25) is 0 Å². The topological polar surface area (TPSA) is 108 Å². The van der Waals surface area contributed by atoms with Gasteiger partial charge >= 0.3 is 5.97 Å². The average Bonchev–Trinajstić information content (AvgIpc) is 3.29. The summed E-state index contributed by atoms with van der Waals surface area (Å²) in [7, 11) is 0. The van der Waals surface area contributed by atoms with Gasteiger partial charge in [-0.2, -0.15) is 0 Å². The highest BCUT2D eigenvalue weighted by Crippen LogP contribution is 2.34. The third kappa shape index (κ3) is 4.48. The number of carbonyl (C=O) groups is 2. The van der Waals surface area contributed by atoms with Gasteiger partial charge in [0.2, 0.25) is 0 Å². The van der Waals surface area contributed by atoms with E-state index in [1.54, 1.807) is 24.7 Å². The molecule has 4 rings (SSSR count). The molecule has 1 amide bonds.